The molecule has 0 radical (unpaired) electrons. The first-order valence-electron chi connectivity index (χ1n) is 9.09. The highest BCUT2D eigenvalue weighted by atomic mass is 32.2. The summed E-state index contributed by atoms with van der Waals surface area (Å²) >= 11 is 0. The summed E-state index contributed by atoms with van der Waals surface area (Å²) in [6, 6.07) is 17.1. The van der Waals surface area contributed by atoms with Gasteiger partial charge in [-0.05, 0) is 29.8 Å². The first-order valence-corrected chi connectivity index (χ1v) is 10.6. The van der Waals surface area contributed by atoms with E-state index in [1.807, 2.05) is 6.07 Å². The number of sulfonamides is 1. The van der Waals surface area contributed by atoms with Crippen LogP contribution in [0.15, 0.2) is 77.7 Å². The number of amides is 1. The standard InChI is InChI=1S/C22H17F2N3O3S/c23-17-9-10-19(20(24)12-17)21(13-25)27-22(28)16-7-4-8-18(11-16)31(29,30)26-14-15-5-2-1-3-6-15/h1-12,21,26H,14H2,(H,27,28). The summed E-state index contributed by atoms with van der Waals surface area (Å²) in [5, 5.41) is 11.6. The van der Waals surface area contributed by atoms with Crippen LogP contribution in [0, 0.1) is 23.0 Å². The number of benzene rings is 3. The van der Waals surface area contributed by atoms with Gasteiger partial charge in [0.05, 0.1) is 11.0 Å². The van der Waals surface area contributed by atoms with Crippen molar-refractivity contribution in [3.8, 4) is 6.07 Å². The molecule has 3 rings (SSSR count). The molecule has 1 unspecified atom stereocenters. The summed E-state index contributed by atoms with van der Waals surface area (Å²) in [5.41, 5.74) is 0.522. The van der Waals surface area contributed by atoms with Gasteiger partial charge >= 0.3 is 0 Å². The minimum atomic E-state index is -3.91. The van der Waals surface area contributed by atoms with Crippen molar-refractivity contribution < 1.29 is 22.0 Å². The van der Waals surface area contributed by atoms with Gasteiger partial charge in [0, 0.05) is 23.7 Å². The second kappa shape index (κ2) is 9.47. The molecule has 3 aromatic carbocycles. The first kappa shape index (κ1) is 22.1. The van der Waals surface area contributed by atoms with Crippen LogP contribution in [-0.2, 0) is 16.6 Å². The molecule has 1 atom stereocenters. The number of nitrogens with zero attached hydrogens (tertiary/aromatic N) is 1. The summed E-state index contributed by atoms with van der Waals surface area (Å²) in [6.45, 7) is 0.0694. The Balaban J connectivity index is 1.77. The van der Waals surface area contributed by atoms with Gasteiger partial charge in [0.1, 0.15) is 17.7 Å². The van der Waals surface area contributed by atoms with Crippen LogP contribution in [0.5, 0.6) is 0 Å². The molecule has 0 aliphatic rings. The van der Waals surface area contributed by atoms with E-state index >= 15 is 0 Å². The largest absolute Gasteiger partial charge is 0.332 e. The van der Waals surface area contributed by atoms with Gasteiger partial charge in [-0.1, -0.05) is 42.5 Å². The van der Waals surface area contributed by atoms with E-state index < -0.39 is 33.6 Å². The van der Waals surface area contributed by atoms with Crippen molar-refractivity contribution in [3.05, 3.63) is 101 Å². The van der Waals surface area contributed by atoms with Gasteiger partial charge in [0.25, 0.3) is 5.91 Å². The highest BCUT2D eigenvalue weighted by Gasteiger charge is 2.21. The molecule has 0 aliphatic carbocycles. The summed E-state index contributed by atoms with van der Waals surface area (Å²) < 4.78 is 54.7. The SMILES string of the molecule is N#CC(NC(=O)c1cccc(S(=O)(=O)NCc2ccccc2)c1)c1ccc(F)cc1F. The maximum absolute atomic E-state index is 14.0. The Hall–Kier alpha value is -3.61. The molecule has 0 aromatic heterocycles. The molecule has 0 saturated heterocycles. The van der Waals surface area contributed by atoms with Gasteiger partial charge in [0.15, 0.2) is 0 Å². The fraction of sp³-hybridized carbons (Fsp3) is 0.0909. The number of rotatable bonds is 7. The van der Waals surface area contributed by atoms with Crippen LogP contribution < -0.4 is 10.0 Å². The van der Waals surface area contributed by atoms with E-state index in [9.17, 15) is 27.3 Å². The van der Waals surface area contributed by atoms with Gasteiger partial charge in [-0.2, -0.15) is 5.26 Å². The van der Waals surface area contributed by atoms with Crippen LogP contribution in [-0.4, -0.2) is 14.3 Å². The lowest BCUT2D eigenvalue weighted by atomic mass is 10.1. The number of nitrogens with one attached hydrogen (secondary N) is 2. The van der Waals surface area contributed by atoms with Gasteiger partial charge < -0.3 is 5.32 Å². The van der Waals surface area contributed by atoms with Crippen molar-refractivity contribution in [3.63, 3.8) is 0 Å². The van der Waals surface area contributed by atoms with Gasteiger partial charge in [0.2, 0.25) is 10.0 Å². The molecule has 1 amide bonds. The second-order valence-electron chi connectivity index (χ2n) is 6.54. The Kier molecular flexibility index (Phi) is 6.74. The Morgan fingerprint density at radius 3 is 2.42 bits per heavy atom. The van der Waals surface area contributed by atoms with E-state index in [4.69, 9.17) is 0 Å². The highest BCUT2D eigenvalue weighted by molar-refractivity contribution is 7.89. The fourth-order valence-corrected chi connectivity index (χ4v) is 3.85. The van der Waals surface area contributed by atoms with Crippen LogP contribution >= 0.6 is 0 Å². The Bertz CT molecular complexity index is 1240. The number of hydrogen-bond donors (Lipinski definition) is 2. The number of carbonyl (C=O) groups is 1. The fourth-order valence-electron chi connectivity index (χ4n) is 2.79. The van der Waals surface area contributed by atoms with Crippen molar-refractivity contribution in [2.24, 2.45) is 0 Å². The van der Waals surface area contributed by atoms with E-state index in [-0.39, 0.29) is 22.6 Å². The third-order valence-corrected chi connectivity index (χ3v) is 5.79. The summed E-state index contributed by atoms with van der Waals surface area (Å²) in [7, 11) is -3.91. The summed E-state index contributed by atoms with van der Waals surface area (Å²) in [5.74, 6) is -2.58. The third-order valence-electron chi connectivity index (χ3n) is 4.39. The van der Waals surface area contributed by atoms with E-state index in [0.29, 0.717) is 6.07 Å². The number of hydrogen-bond acceptors (Lipinski definition) is 4. The quantitative estimate of drug-likeness (QED) is 0.587. The van der Waals surface area contributed by atoms with Crippen LogP contribution in [0.25, 0.3) is 0 Å². The Labute approximate surface area is 178 Å². The second-order valence-corrected chi connectivity index (χ2v) is 8.31. The van der Waals surface area contributed by atoms with E-state index in [1.54, 1.807) is 30.3 Å². The van der Waals surface area contributed by atoms with Crippen molar-refractivity contribution in [1.29, 1.82) is 5.26 Å². The molecular formula is C22H17F2N3O3S. The maximum atomic E-state index is 14.0. The van der Waals surface area contributed by atoms with Crippen molar-refractivity contribution in [1.82, 2.24) is 10.0 Å². The third kappa shape index (κ3) is 5.51. The number of carbonyl (C=O) groups excluding carboxylic acids is 1. The Morgan fingerprint density at radius 2 is 1.74 bits per heavy atom. The van der Waals surface area contributed by atoms with E-state index in [0.717, 1.165) is 23.8 Å². The lowest BCUT2D eigenvalue weighted by Crippen LogP contribution is -2.29. The molecular weight excluding hydrogens is 424 g/mol. The van der Waals surface area contributed by atoms with E-state index in [1.165, 1.54) is 18.2 Å². The van der Waals surface area contributed by atoms with Gasteiger partial charge in [-0.15, -0.1) is 0 Å². The molecule has 0 aliphatic heterocycles. The maximum Gasteiger partial charge on any atom is 0.252 e. The highest BCUT2D eigenvalue weighted by Crippen LogP contribution is 2.19. The van der Waals surface area contributed by atoms with Crippen molar-refractivity contribution in [2.45, 2.75) is 17.5 Å². The minimum Gasteiger partial charge on any atom is -0.332 e. The molecule has 6 nitrogen and oxygen atoms in total. The molecule has 0 saturated carbocycles. The van der Waals surface area contributed by atoms with Crippen LogP contribution in [0.3, 0.4) is 0 Å². The molecule has 0 bridgehead atoms. The average Bonchev–Trinajstić information content (AvgIpc) is 2.77. The smallest absolute Gasteiger partial charge is 0.252 e. The molecule has 0 heterocycles. The van der Waals surface area contributed by atoms with Crippen LogP contribution in [0.1, 0.15) is 27.5 Å². The molecule has 3 aromatic rings. The molecule has 0 spiro atoms. The summed E-state index contributed by atoms with van der Waals surface area (Å²) in [4.78, 5) is 12.4. The normalized spacial score (nSPS) is 12.0. The Morgan fingerprint density at radius 1 is 1.00 bits per heavy atom. The zero-order valence-electron chi connectivity index (χ0n) is 16.0. The predicted molar refractivity (Wildman–Crippen MR) is 109 cm³/mol. The zero-order valence-corrected chi connectivity index (χ0v) is 16.9. The molecule has 31 heavy (non-hydrogen) atoms. The molecule has 9 heteroatoms. The molecule has 0 fully saturated rings. The molecule has 158 valence electrons. The van der Waals surface area contributed by atoms with E-state index in [2.05, 4.69) is 10.0 Å². The predicted octanol–water partition coefficient (Wildman–Crippen LogP) is 3.44. The van der Waals surface area contributed by atoms with Crippen LogP contribution in [0.4, 0.5) is 8.78 Å². The van der Waals surface area contributed by atoms with Crippen LogP contribution in [0.2, 0.25) is 0 Å². The number of nitriles is 1. The lowest BCUT2D eigenvalue weighted by molar-refractivity contribution is 0.0944. The molecule has 2 N–H and O–H groups in total. The average molecular weight is 441 g/mol. The zero-order chi connectivity index (χ0) is 22.4. The number of halogens is 2. The van der Waals surface area contributed by atoms with Crippen molar-refractivity contribution in [2.75, 3.05) is 0 Å². The first-order chi connectivity index (χ1) is 14.8. The van der Waals surface area contributed by atoms with Crippen molar-refractivity contribution >= 4 is 15.9 Å². The van der Waals surface area contributed by atoms with Gasteiger partial charge in [-0.25, -0.2) is 21.9 Å². The monoisotopic (exact) mass is 441 g/mol. The van der Waals surface area contributed by atoms with Gasteiger partial charge in [-0.3, -0.25) is 4.79 Å². The lowest BCUT2D eigenvalue weighted by Gasteiger charge is -2.14. The topological polar surface area (TPSA) is 99.1 Å². The minimum absolute atomic E-state index is 0.0367. The summed E-state index contributed by atoms with van der Waals surface area (Å²) in [6.07, 6.45) is 0.